The first-order valence-electron chi connectivity index (χ1n) is 8.47. The molecule has 0 aliphatic heterocycles. The molecule has 0 aliphatic carbocycles. The minimum atomic E-state index is -3.33. The van der Waals surface area contributed by atoms with Gasteiger partial charge in [-0.25, -0.2) is 17.9 Å². The fourth-order valence-corrected chi connectivity index (χ4v) is 2.89. The molecule has 9 heteroatoms. The number of benzene rings is 1. The second kappa shape index (κ2) is 10.8. The van der Waals surface area contributed by atoms with Crippen LogP contribution in [0.25, 0.3) is 0 Å². The number of hydrogen-bond donors (Lipinski definition) is 4. The number of hydrogen-bond acceptors (Lipinski definition) is 4. The minimum Gasteiger partial charge on any atom is -0.481 e. The quantitative estimate of drug-likeness (QED) is 0.454. The standard InChI is InChI=1S/C17H27N3O5S/c1-3-14(12-18-26(2,24)25)19-17(23)20-15(9-10-16(21)22)11-13-7-5-4-6-8-13/h4-8,14-15,18H,3,9-12H2,1-2H3,(H,21,22)(H2,19,20,23). The molecule has 0 aromatic heterocycles. The van der Waals surface area contributed by atoms with Crippen molar-refractivity contribution in [1.82, 2.24) is 15.4 Å². The summed E-state index contributed by atoms with van der Waals surface area (Å²) in [4.78, 5) is 23.1. The highest BCUT2D eigenvalue weighted by molar-refractivity contribution is 7.88. The highest BCUT2D eigenvalue weighted by Crippen LogP contribution is 2.08. The van der Waals surface area contributed by atoms with Gasteiger partial charge in [0.15, 0.2) is 0 Å². The van der Waals surface area contributed by atoms with Crippen LogP contribution in [0.3, 0.4) is 0 Å². The van der Waals surface area contributed by atoms with E-state index in [1.165, 1.54) is 0 Å². The molecule has 0 fully saturated rings. The van der Waals surface area contributed by atoms with Crippen LogP contribution in [0.1, 0.15) is 31.7 Å². The largest absolute Gasteiger partial charge is 0.481 e. The number of aliphatic carboxylic acids is 1. The monoisotopic (exact) mass is 385 g/mol. The van der Waals surface area contributed by atoms with Crippen LogP contribution in [0.5, 0.6) is 0 Å². The number of carboxylic acid groups (broad SMARTS) is 1. The molecule has 1 rings (SSSR count). The van der Waals surface area contributed by atoms with E-state index in [-0.39, 0.29) is 25.0 Å². The van der Waals surface area contributed by atoms with Crippen molar-refractivity contribution in [2.24, 2.45) is 0 Å². The third-order valence-electron chi connectivity index (χ3n) is 3.79. The highest BCUT2D eigenvalue weighted by Gasteiger charge is 2.17. The Balaban J connectivity index is 2.63. The molecule has 0 aliphatic rings. The van der Waals surface area contributed by atoms with E-state index < -0.39 is 22.0 Å². The number of amides is 2. The summed E-state index contributed by atoms with van der Waals surface area (Å²) in [5, 5.41) is 14.4. The van der Waals surface area contributed by atoms with E-state index in [4.69, 9.17) is 5.11 Å². The van der Waals surface area contributed by atoms with Gasteiger partial charge in [0, 0.05) is 25.0 Å². The van der Waals surface area contributed by atoms with E-state index >= 15 is 0 Å². The third kappa shape index (κ3) is 10.00. The molecule has 2 atom stereocenters. The summed E-state index contributed by atoms with van der Waals surface area (Å²) < 4.78 is 24.7. The summed E-state index contributed by atoms with van der Waals surface area (Å²) in [5.74, 6) is -0.922. The lowest BCUT2D eigenvalue weighted by Crippen LogP contribution is -2.50. The SMILES string of the molecule is CCC(CNS(C)(=O)=O)NC(=O)NC(CCC(=O)O)Cc1ccccc1. The molecular formula is C17H27N3O5S. The van der Waals surface area contributed by atoms with Gasteiger partial charge in [-0.2, -0.15) is 0 Å². The van der Waals surface area contributed by atoms with Gasteiger partial charge in [0.25, 0.3) is 0 Å². The van der Waals surface area contributed by atoms with Crippen molar-refractivity contribution >= 4 is 22.0 Å². The van der Waals surface area contributed by atoms with Gasteiger partial charge in [-0.05, 0) is 24.8 Å². The maximum absolute atomic E-state index is 12.2. The van der Waals surface area contributed by atoms with Crippen LogP contribution < -0.4 is 15.4 Å². The second-order valence-corrected chi connectivity index (χ2v) is 8.00. The molecule has 146 valence electrons. The Labute approximate surface area is 154 Å². The minimum absolute atomic E-state index is 0.0510. The molecule has 0 spiro atoms. The number of rotatable bonds is 11. The van der Waals surface area contributed by atoms with Crippen molar-refractivity contribution in [3.05, 3.63) is 35.9 Å². The van der Waals surface area contributed by atoms with Crippen LogP contribution in [-0.2, 0) is 21.2 Å². The second-order valence-electron chi connectivity index (χ2n) is 6.16. The maximum atomic E-state index is 12.2. The molecule has 4 N–H and O–H groups in total. The highest BCUT2D eigenvalue weighted by atomic mass is 32.2. The van der Waals surface area contributed by atoms with Crippen LogP contribution in [0.2, 0.25) is 0 Å². The molecular weight excluding hydrogens is 358 g/mol. The Morgan fingerprint density at radius 1 is 1.12 bits per heavy atom. The van der Waals surface area contributed by atoms with Gasteiger partial charge in [-0.3, -0.25) is 4.79 Å². The van der Waals surface area contributed by atoms with Crippen LogP contribution in [0.15, 0.2) is 30.3 Å². The molecule has 8 nitrogen and oxygen atoms in total. The normalized spacial score (nSPS) is 13.6. The molecule has 0 radical (unpaired) electrons. The molecule has 0 bridgehead atoms. The lowest BCUT2D eigenvalue weighted by Gasteiger charge is -2.22. The first-order chi connectivity index (χ1) is 12.2. The summed E-state index contributed by atoms with van der Waals surface area (Å²) >= 11 is 0. The zero-order valence-electron chi connectivity index (χ0n) is 15.1. The maximum Gasteiger partial charge on any atom is 0.315 e. The molecule has 0 saturated heterocycles. The van der Waals surface area contributed by atoms with Gasteiger partial charge >= 0.3 is 12.0 Å². The average Bonchev–Trinajstić information content (AvgIpc) is 2.56. The molecule has 1 aromatic carbocycles. The topological polar surface area (TPSA) is 125 Å². The van der Waals surface area contributed by atoms with E-state index in [2.05, 4.69) is 15.4 Å². The van der Waals surface area contributed by atoms with Crippen molar-refractivity contribution in [3.63, 3.8) is 0 Å². The van der Waals surface area contributed by atoms with E-state index in [1.807, 2.05) is 37.3 Å². The van der Waals surface area contributed by atoms with Gasteiger partial charge in [-0.15, -0.1) is 0 Å². The predicted molar refractivity (Wildman–Crippen MR) is 99.4 cm³/mol. The molecule has 26 heavy (non-hydrogen) atoms. The van der Waals surface area contributed by atoms with Gasteiger partial charge in [-0.1, -0.05) is 37.3 Å². The Bertz CT molecular complexity index is 679. The molecule has 0 saturated carbocycles. The molecule has 1 aromatic rings. The van der Waals surface area contributed by atoms with Crippen molar-refractivity contribution in [2.45, 2.75) is 44.7 Å². The van der Waals surface area contributed by atoms with E-state index in [9.17, 15) is 18.0 Å². The summed E-state index contributed by atoms with van der Waals surface area (Å²) in [6, 6.07) is 8.34. The zero-order valence-corrected chi connectivity index (χ0v) is 15.9. The Hall–Kier alpha value is -2.13. The average molecular weight is 385 g/mol. The first kappa shape index (κ1) is 21.9. The lowest BCUT2D eigenvalue weighted by atomic mass is 10.0. The van der Waals surface area contributed by atoms with Crippen molar-refractivity contribution < 1.29 is 23.1 Å². The van der Waals surface area contributed by atoms with Crippen LogP contribution >= 0.6 is 0 Å². The van der Waals surface area contributed by atoms with Crippen molar-refractivity contribution in [1.29, 1.82) is 0 Å². The number of nitrogens with one attached hydrogen (secondary N) is 3. The van der Waals surface area contributed by atoms with Crippen LogP contribution in [-0.4, -0.2) is 50.4 Å². The lowest BCUT2D eigenvalue weighted by molar-refractivity contribution is -0.137. The zero-order chi connectivity index (χ0) is 19.6. The molecule has 2 unspecified atom stereocenters. The first-order valence-corrected chi connectivity index (χ1v) is 10.4. The van der Waals surface area contributed by atoms with Gasteiger partial charge < -0.3 is 15.7 Å². The summed E-state index contributed by atoms with van der Waals surface area (Å²) in [7, 11) is -3.33. The number of carbonyl (C=O) groups is 2. The smallest absolute Gasteiger partial charge is 0.315 e. The Morgan fingerprint density at radius 2 is 1.73 bits per heavy atom. The summed E-state index contributed by atoms with van der Waals surface area (Å²) in [6.45, 7) is 1.93. The molecule has 2 amide bonds. The van der Waals surface area contributed by atoms with Gasteiger partial charge in [0.2, 0.25) is 10.0 Å². The summed E-state index contributed by atoms with van der Waals surface area (Å²) in [5.41, 5.74) is 0.994. The van der Waals surface area contributed by atoms with E-state index in [0.717, 1.165) is 11.8 Å². The van der Waals surface area contributed by atoms with E-state index in [0.29, 0.717) is 19.3 Å². The van der Waals surface area contributed by atoms with Crippen molar-refractivity contribution in [2.75, 3.05) is 12.8 Å². The third-order valence-corrected chi connectivity index (χ3v) is 4.48. The predicted octanol–water partition coefficient (Wildman–Crippen LogP) is 1.09. The number of carboxylic acids is 1. The van der Waals surface area contributed by atoms with Crippen molar-refractivity contribution in [3.8, 4) is 0 Å². The Morgan fingerprint density at radius 3 is 2.27 bits per heavy atom. The number of sulfonamides is 1. The van der Waals surface area contributed by atoms with E-state index in [1.54, 1.807) is 0 Å². The fraction of sp³-hybridized carbons (Fsp3) is 0.529. The van der Waals surface area contributed by atoms with Crippen LogP contribution in [0.4, 0.5) is 4.79 Å². The number of urea groups is 1. The number of carbonyl (C=O) groups excluding carboxylic acids is 1. The molecule has 0 heterocycles. The van der Waals surface area contributed by atoms with Crippen LogP contribution in [0, 0.1) is 0 Å². The van der Waals surface area contributed by atoms with Gasteiger partial charge in [0.1, 0.15) is 0 Å². The fourth-order valence-electron chi connectivity index (χ4n) is 2.38. The summed E-state index contributed by atoms with van der Waals surface area (Å²) in [6.07, 6.45) is 2.37. The van der Waals surface area contributed by atoms with Gasteiger partial charge in [0.05, 0.1) is 6.26 Å². The Kier molecular flexibility index (Phi) is 9.08.